The first-order chi connectivity index (χ1) is 8.89. The maximum absolute atomic E-state index is 12.0. The van der Waals surface area contributed by atoms with Crippen molar-refractivity contribution in [2.45, 2.75) is 32.4 Å². The molecule has 1 fully saturated rings. The Labute approximate surface area is 114 Å². The third-order valence-electron chi connectivity index (χ3n) is 3.42. The molecule has 0 spiro atoms. The summed E-state index contributed by atoms with van der Waals surface area (Å²) >= 11 is 0. The summed E-state index contributed by atoms with van der Waals surface area (Å²) in [6.07, 6.45) is 2.12. The van der Waals surface area contributed by atoms with Gasteiger partial charge in [-0.25, -0.2) is 13.1 Å². The van der Waals surface area contributed by atoms with Crippen LogP contribution in [-0.2, 0) is 15.8 Å². The van der Waals surface area contributed by atoms with Crippen molar-refractivity contribution in [1.29, 1.82) is 0 Å². The number of sulfonamides is 1. The highest BCUT2D eigenvalue weighted by atomic mass is 32.2. The van der Waals surface area contributed by atoms with Gasteiger partial charge in [0.1, 0.15) is 17.2 Å². The molecule has 1 aliphatic heterocycles. The Morgan fingerprint density at radius 1 is 1.58 bits per heavy atom. The van der Waals surface area contributed by atoms with Crippen LogP contribution in [0.4, 0.5) is 0 Å². The van der Waals surface area contributed by atoms with E-state index in [2.05, 4.69) is 22.1 Å². The summed E-state index contributed by atoms with van der Waals surface area (Å²) < 4.78 is 31.5. The molecule has 0 aliphatic carbocycles. The van der Waals surface area contributed by atoms with Gasteiger partial charge in [0.2, 0.25) is 10.0 Å². The van der Waals surface area contributed by atoms with E-state index < -0.39 is 10.0 Å². The molecule has 1 aliphatic rings. The molecule has 0 bridgehead atoms. The van der Waals surface area contributed by atoms with E-state index in [0.717, 1.165) is 25.9 Å². The molecule has 108 valence electrons. The van der Waals surface area contributed by atoms with Gasteiger partial charge < -0.3 is 9.84 Å². The second-order valence-corrected chi connectivity index (χ2v) is 7.41. The molecule has 6 nitrogen and oxygen atoms in total. The number of aryl methyl sites for hydroxylation is 1. The average Bonchev–Trinajstić information content (AvgIpc) is 2.73. The van der Waals surface area contributed by atoms with Gasteiger partial charge >= 0.3 is 0 Å². The fourth-order valence-corrected chi connectivity index (χ4v) is 3.48. The van der Waals surface area contributed by atoms with Gasteiger partial charge in [0.25, 0.3) is 0 Å². The summed E-state index contributed by atoms with van der Waals surface area (Å²) in [5, 5.41) is 7.01. The molecule has 0 radical (unpaired) electrons. The smallest absolute Gasteiger partial charge is 0.217 e. The lowest BCUT2D eigenvalue weighted by molar-refractivity contribution is 0.238. The highest BCUT2D eigenvalue weighted by molar-refractivity contribution is 7.88. The van der Waals surface area contributed by atoms with Crippen molar-refractivity contribution in [3.05, 3.63) is 17.5 Å². The predicted octanol–water partition coefficient (Wildman–Crippen LogP) is 0.792. The van der Waals surface area contributed by atoms with Crippen molar-refractivity contribution < 1.29 is 12.9 Å². The Bertz CT molecular complexity index is 518. The van der Waals surface area contributed by atoms with Gasteiger partial charge in [-0.3, -0.25) is 0 Å². The Kier molecular flexibility index (Phi) is 4.27. The molecule has 0 aromatic carbocycles. The van der Waals surface area contributed by atoms with Crippen LogP contribution in [0, 0.1) is 12.3 Å². The minimum Gasteiger partial charge on any atom is -0.361 e. The second kappa shape index (κ2) is 5.60. The van der Waals surface area contributed by atoms with E-state index in [4.69, 9.17) is 4.52 Å². The minimum absolute atomic E-state index is 0.00887. The number of piperidine rings is 1. The van der Waals surface area contributed by atoms with Gasteiger partial charge in [-0.2, -0.15) is 0 Å². The number of hydrogen-bond donors (Lipinski definition) is 2. The molecule has 19 heavy (non-hydrogen) atoms. The third-order valence-corrected chi connectivity index (χ3v) is 4.68. The van der Waals surface area contributed by atoms with E-state index in [1.165, 1.54) is 0 Å². The highest BCUT2D eigenvalue weighted by Crippen LogP contribution is 2.24. The van der Waals surface area contributed by atoms with Gasteiger partial charge in [-0.15, -0.1) is 0 Å². The maximum Gasteiger partial charge on any atom is 0.217 e. The van der Waals surface area contributed by atoms with Crippen LogP contribution in [0.5, 0.6) is 0 Å². The number of aromatic nitrogens is 1. The quantitative estimate of drug-likeness (QED) is 0.836. The van der Waals surface area contributed by atoms with Crippen molar-refractivity contribution in [3.8, 4) is 0 Å². The molecule has 1 saturated heterocycles. The van der Waals surface area contributed by atoms with E-state index in [1.54, 1.807) is 13.0 Å². The van der Waals surface area contributed by atoms with Crippen LogP contribution in [0.1, 0.15) is 31.2 Å². The molecule has 2 heterocycles. The predicted molar refractivity (Wildman–Crippen MR) is 72.1 cm³/mol. The molecule has 2 rings (SSSR count). The lowest BCUT2D eigenvalue weighted by Crippen LogP contribution is -2.45. The molecular formula is C12H21N3O3S. The lowest BCUT2D eigenvalue weighted by Gasteiger charge is -2.34. The van der Waals surface area contributed by atoms with Crippen LogP contribution >= 0.6 is 0 Å². The molecule has 0 saturated carbocycles. The van der Waals surface area contributed by atoms with Crippen LogP contribution in [-0.4, -0.2) is 33.2 Å². The van der Waals surface area contributed by atoms with Crippen LogP contribution in [0.15, 0.2) is 10.6 Å². The maximum atomic E-state index is 12.0. The zero-order valence-electron chi connectivity index (χ0n) is 11.4. The zero-order valence-corrected chi connectivity index (χ0v) is 12.2. The summed E-state index contributed by atoms with van der Waals surface area (Å²) in [5.41, 5.74) is 0.433. The SMILES string of the molecule is Cc1cc(CS(=O)(=O)NCC2(C)CCCNC2)no1. The van der Waals surface area contributed by atoms with Crippen LogP contribution in [0.25, 0.3) is 0 Å². The molecule has 1 atom stereocenters. The van der Waals surface area contributed by atoms with Gasteiger partial charge in [0.05, 0.1) is 0 Å². The average molecular weight is 287 g/mol. The Balaban J connectivity index is 1.90. The van der Waals surface area contributed by atoms with Gasteiger partial charge in [0.15, 0.2) is 0 Å². The van der Waals surface area contributed by atoms with E-state index in [9.17, 15) is 8.42 Å². The third kappa shape index (κ3) is 4.29. The monoisotopic (exact) mass is 287 g/mol. The normalized spacial score (nSPS) is 24.5. The summed E-state index contributed by atoms with van der Waals surface area (Å²) in [6, 6.07) is 1.64. The highest BCUT2D eigenvalue weighted by Gasteiger charge is 2.28. The molecule has 7 heteroatoms. The fourth-order valence-electron chi connectivity index (χ4n) is 2.29. The Morgan fingerprint density at radius 3 is 2.95 bits per heavy atom. The fraction of sp³-hybridized carbons (Fsp3) is 0.750. The standard InChI is InChI=1S/C12H21N3O3S/c1-10-6-11(15-18-10)7-19(16,17)14-9-12(2)4-3-5-13-8-12/h6,13-14H,3-5,7-9H2,1-2H3. The first kappa shape index (κ1) is 14.5. The largest absolute Gasteiger partial charge is 0.361 e. The number of nitrogens with one attached hydrogen (secondary N) is 2. The molecule has 1 aromatic rings. The molecule has 1 unspecified atom stereocenters. The summed E-state index contributed by atoms with van der Waals surface area (Å²) in [5.74, 6) is 0.488. The number of nitrogens with zero attached hydrogens (tertiary/aromatic N) is 1. The first-order valence-corrected chi connectivity index (χ1v) is 8.14. The van der Waals surface area contributed by atoms with Crippen molar-refractivity contribution in [1.82, 2.24) is 15.2 Å². The van der Waals surface area contributed by atoms with E-state index in [-0.39, 0.29) is 11.2 Å². The van der Waals surface area contributed by atoms with Gasteiger partial charge in [0, 0.05) is 19.2 Å². The van der Waals surface area contributed by atoms with Crippen LogP contribution in [0.3, 0.4) is 0 Å². The number of rotatable bonds is 5. The van der Waals surface area contributed by atoms with E-state index in [0.29, 0.717) is 18.0 Å². The lowest BCUT2D eigenvalue weighted by atomic mass is 9.83. The summed E-state index contributed by atoms with van der Waals surface area (Å²) in [4.78, 5) is 0. The molecule has 0 amide bonds. The molecular weight excluding hydrogens is 266 g/mol. The van der Waals surface area contributed by atoms with Gasteiger partial charge in [-0.05, 0) is 31.7 Å². The molecule has 1 aromatic heterocycles. The van der Waals surface area contributed by atoms with Crippen LogP contribution < -0.4 is 10.0 Å². The molecule has 2 N–H and O–H groups in total. The van der Waals surface area contributed by atoms with Crippen molar-refractivity contribution in [2.24, 2.45) is 5.41 Å². The van der Waals surface area contributed by atoms with Crippen molar-refractivity contribution >= 4 is 10.0 Å². The summed E-state index contributed by atoms with van der Waals surface area (Å²) in [6.45, 7) is 6.16. The van der Waals surface area contributed by atoms with E-state index >= 15 is 0 Å². The van der Waals surface area contributed by atoms with E-state index in [1.807, 2.05) is 0 Å². The summed E-state index contributed by atoms with van der Waals surface area (Å²) in [7, 11) is -3.36. The zero-order chi connectivity index (χ0) is 13.9. The first-order valence-electron chi connectivity index (χ1n) is 6.49. The Morgan fingerprint density at radius 2 is 2.37 bits per heavy atom. The Hall–Kier alpha value is -0.920. The topological polar surface area (TPSA) is 84.2 Å². The van der Waals surface area contributed by atoms with Crippen LogP contribution in [0.2, 0.25) is 0 Å². The minimum atomic E-state index is -3.36. The van der Waals surface area contributed by atoms with Gasteiger partial charge in [-0.1, -0.05) is 12.1 Å². The second-order valence-electron chi connectivity index (χ2n) is 5.60. The van der Waals surface area contributed by atoms with Crippen molar-refractivity contribution in [3.63, 3.8) is 0 Å². The number of hydrogen-bond acceptors (Lipinski definition) is 5. The van der Waals surface area contributed by atoms with Crippen molar-refractivity contribution in [2.75, 3.05) is 19.6 Å².